The molecule has 2 aromatic rings. The number of hydrogen-bond acceptors (Lipinski definition) is 4. The summed E-state index contributed by atoms with van der Waals surface area (Å²) >= 11 is 1.78. The number of ether oxygens (including phenoxy) is 1. The number of hydrogen-bond donors (Lipinski definition) is 1. The molecule has 1 saturated carbocycles. The lowest BCUT2D eigenvalue weighted by atomic mass is 9.82. The maximum atomic E-state index is 6.62. The second-order valence-corrected chi connectivity index (χ2v) is 8.20. The average Bonchev–Trinajstić information content (AvgIpc) is 3.27. The summed E-state index contributed by atoms with van der Waals surface area (Å²) in [5.41, 5.74) is 5.95. The molecule has 4 heteroatoms. The van der Waals surface area contributed by atoms with Crippen LogP contribution in [0.5, 0.6) is 5.75 Å². The third kappa shape index (κ3) is 2.13. The van der Waals surface area contributed by atoms with Gasteiger partial charge in [0.05, 0.1) is 16.6 Å². The van der Waals surface area contributed by atoms with Gasteiger partial charge < -0.3 is 10.2 Å². The first-order chi connectivity index (χ1) is 11.8. The number of benzene rings is 1. The van der Waals surface area contributed by atoms with Gasteiger partial charge in [-0.3, -0.25) is 0 Å². The van der Waals surface area contributed by atoms with Crippen LogP contribution in [0.15, 0.2) is 47.9 Å². The van der Waals surface area contributed by atoms with E-state index in [1.165, 1.54) is 29.0 Å². The van der Waals surface area contributed by atoms with Crippen molar-refractivity contribution >= 4 is 17.0 Å². The summed E-state index contributed by atoms with van der Waals surface area (Å²) in [6.45, 7) is 2.36. The van der Waals surface area contributed by atoms with E-state index < -0.39 is 0 Å². The number of hydrazine groups is 1. The molecular formula is C20H22N2OS. The highest BCUT2D eigenvalue weighted by Crippen LogP contribution is 2.50. The Hall–Kier alpha value is -1.78. The highest BCUT2D eigenvalue weighted by Gasteiger charge is 2.51. The minimum absolute atomic E-state index is 0.221. The molecule has 5 rings (SSSR count). The number of para-hydroxylation sites is 1. The monoisotopic (exact) mass is 338 g/mol. The number of nitrogens with zero attached hydrogens (tertiary/aromatic N) is 1. The van der Waals surface area contributed by atoms with E-state index in [1.54, 1.807) is 11.3 Å². The van der Waals surface area contributed by atoms with E-state index >= 15 is 0 Å². The molecular weight excluding hydrogens is 316 g/mol. The number of fused-ring (bicyclic) bond motifs is 4. The van der Waals surface area contributed by atoms with Crippen molar-refractivity contribution in [3.05, 3.63) is 58.3 Å². The first-order valence-electron chi connectivity index (χ1n) is 8.85. The molecule has 1 aromatic carbocycles. The van der Waals surface area contributed by atoms with Gasteiger partial charge in [0, 0.05) is 18.4 Å². The van der Waals surface area contributed by atoms with E-state index in [1.807, 2.05) is 0 Å². The van der Waals surface area contributed by atoms with Crippen LogP contribution < -0.4 is 10.2 Å². The molecule has 0 amide bonds. The van der Waals surface area contributed by atoms with Gasteiger partial charge in [-0.25, -0.2) is 0 Å². The van der Waals surface area contributed by atoms with E-state index in [9.17, 15) is 0 Å². The van der Waals surface area contributed by atoms with Crippen LogP contribution in [-0.4, -0.2) is 10.7 Å². The summed E-state index contributed by atoms with van der Waals surface area (Å²) < 4.78 is 6.62. The van der Waals surface area contributed by atoms with Gasteiger partial charge in [-0.2, -0.15) is 5.01 Å². The maximum Gasteiger partial charge on any atom is 0.180 e. The van der Waals surface area contributed by atoms with E-state index in [0.29, 0.717) is 0 Å². The number of nitrogens with one attached hydrogen (secondary N) is 1. The zero-order valence-electron chi connectivity index (χ0n) is 13.9. The second kappa shape index (κ2) is 5.36. The van der Waals surface area contributed by atoms with E-state index in [0.717, 1.165) is 24.5 Å². The Labute approximate surface area is 146 Å². The number of thiophene rings is 1. The molecule has 1 spiro atoms. The summed E-state index contributed by atoms with van der Waals surface area (Å²) in [5, 5.41) is 4.52. The predicted octanol–water partition coefficient (Wildman–Crippen LogP) is 4.95. The molecule has 1 atom stereocenters. The Morgan fingerprint density at radius 2 is 2.00 bits per heavy atom. The molecule has 3 heterocycles. The molecule has 3 aliphatic rings. The third-order valence-electron chi connectivity index (χ3n) is 5.66. The smallest absolute Gasteiger partial charge is 0.180 e. The molecule has 2 aliphatic heterocycles. The molecule has 1 aromatic heterocycles. The Morgan fingerprint density at radius 1 is 1.17 bits per heavy atom. The Kier molecular flexibility index (Phi) is 3.25. The zero-order chi connectivity index (χ0) is 16.1. The molecule has 0 radical (unpaired) electrons. The Morgan fingerprint density at radius 3 is 2.79 bits per heavy atom. The molecule has 124 valence electrons. The SMILES string of the molecule is CC1CCC2(CC1)Oc1ccccc1[C@H]1C=C(c3cccs3)NN12. The van der Waals surface area contributed by atoms with Gasteiger partial charge in [0.2, 0.25) is 0 Å². The summed E-state index contributed by atoms with van der Waals surface area (Å²) in [4.78, 5) is 1.29. The second-order valence-electron chi connectivity index (χ2n) is 7.25. The summed E-state index contributed by atoms with van der Waals surface area (Å²) in [5.74, 6) is 1.85. The highest BCUT2D eigenvalue weighted by atomic mass is 32.1. The van der Waals surface area contributed by atoms with Crippen LogP contribution in [0.1, 0.15) is 49.1 Å². The van der Waals surface area contributed by atoms with Crippen LogP contribution in [0.25, 0.3) is 5.70 Å². The summed E-state index contributed by atoms with van der Waals surface area (Å²) in [7, 11) is 0. The van der Waals surface area contributed by atoms with Gasteiger partial charge in [0.25, 0.3) is 0 Å². The molecule has 1 fully saturated rings. The van der Waals surface area contributed by atoms with Crippen LogP contribution in [0.2, 0.25) is 0 Å². The van der Waals surface area contributed by atoms with Gasteiger partial charge in [-0.15, -0.1) is 11.3 Å². The fourth-order valence-corrected chi connectivity index (χ4v) is 4.95. The van der Waals surface area contributed by atoms with Crippen molar-refractivity contribution in [1.82, 2.24) is 10.4 Å². The lowest BCUT2D eigenvalue weighted by Crippen LogP contribution is -2.60. The number of rotatable bonds is 1. The van der Waals surface area contributed by atoms with Crippen molar-refractivity contribution in [2.24, 2.45) is 5.92 Å². The van der Waals surface area contributed by atoms with E-state index in [4.69, 9.17) is 4.74 Å². The van der Waals surface area contributed by atoms with Gasteiger partial charge in [0.1, 0.15) is 5.75 Å². The van der Waals surface area contributed by atoms with Crippen LogP contribution in [0.3, 0.4) is 0 Å². The van der Waals surface area contributed by atoms with Gasteiger partial charge in [-0.05, 0) is 42.3 Å². The van der Waals surface area contributed by atoms with Crippen molar-refractivity contribution in [2.75, 3.05) is 0 Å². The standard InChI is InChI=1S/C20H22N2OS/c1-14-8-10-20(11-9-14)22-17(15-5-2-3-6-18(15)23-20)13-16(21-22)19-7-4-12-24-19/h2-7,12-14,17,21H,8-11H2,1H3/t14?,17-,20?/m1/s1. The fourth-order valence-electron chi connectivity index (χ4n) is 4.25. The summed E-state index contributed by atoms with van der Waals surface area (Å²) in [6.07, 6.45) is 6.98. The molecule has 24 heavy (non-hydrogen) atoms. The van der Waals surface area contributed by atoms with Gasteiger partial charge in [0.15, 0.2) is 5.72 Å². The third-order valence-corrected chi connectivity index (χ3v) is 6.57. The first-order valence-corrected chi connectivity index (χ1v) is 9.73. The van der Waals surface area contributed by atoms with Crippen molar-refractivity contribution in [2.45, 2.75) is 44.4 Å². The molecule has 3 nitrogen and oxygen atoms in total. The van der Waals surface area contributed by atoms with Crippen LogP contribution in [0, 0.1) is 5.92 Å². The van der Waals surface area contributed by atoms with Crippen LogP contribution in [0.4, 0.5) is 0 Å². The minimum atomic E-state index is -0.221. The largest absolute Gasteiger partial charge is 0.471 e. The highest BCUT2D eigenvalue weighted by molar-refractivity contribution is 7.11. The molecule has 1 aliphatic carbocycles. The average molecular weight is 338 g/mol. The van der Waals surface area contributed by atoms with Gasteiger partial charge in [-0.1, -0.05) is 31.2 Å². The fraction of sp³-hybridized carbons (Fsp3) is 0.400. The van der Waals surface area contributed by atoms with E-state index in [2.05, 4.69) is 65.2 Å². The Balaban J connectivity index is 1.58. The lowest BCUT2D eigenvalue weighted by Gasteiger charge is -2.51. The van der Waals surface area contributed by atoms with E-state index in [-0.39, 0.29) is 11.8 Å². The van der Waals surface area contributed by atoms with Crippen molar-refractivity contribution in [3.63, 3.8) is 0 Å². The minimum Gasteiger partial charge on any atom is -0.471 e. The molecule has 0 bridgehead atoms. The molecule has 0 unspecified atom stereocenters. The van der Waals surface area contributed by atoms with Crippen LogP contribution >= 0.6 is 11.3 Å². The summed E-state index contributed by atoms with van der Waals surface area (Å²) in [6, 6.07) is 13.1. The maximum absolute atomic E-state index is 6.62. The zero-order valence-corrected chi connectivity index (χ0v) is 14.7. The molecule has 1 N–H and O–H groups in total. The van der Waals surface area contributed by atoms with Crippen molar-refractivity contribution in [1.29, 1.82) is 0 Å². The van der Waals surface area contributed by atoms with Crippen molar-refractivity contribution < 1.29 is 4.74 Å². The topological polar surface area (TPSA) is 24.5 Å². The normalized spacial score (nSPS) is 31.8. The molecule has 0 saturated heterocycles. The van der Waals surface area contributed by atoms with Crippen molar-refractivity contribution in [3.8, 4) is 5.75 Å². The Bertz CT molecular complexity index is 775. The van der Waals surface area contributed by atoms with Gasteiger partial charge >= 0.3 is 0 Å². The first kappa shape index (κ1) is 14.6. The predicted molar refractivity (Wildman–Crippen MR) is 97.4 cm³/mol. The quantitative estimate of drug-likeness (QED) is 0.796. The lowest BCUT2D eigenvalue weighted by molar-refractivity contribution is -0.155. The van der Waals surface area contributed by atoms with Crippen LogP contribution in [-0.2, 0) is 0 Å².